The summed E-state index contributed by atoms with van der Waals surface area (Å²) >= 11 is 6.03. The predicted molar refractivity (Wildman–Crippen MR) is 85.9 cm³/mol. The van der Waals surface area contributed by atoms with Crippen molar-refractivity contribution in [1.29, 1.82) is 0 Å². The molecule has 1 heterocycles. The number of carbonyl (C=O) groups is 2. The summed E-state index contributed by atoms with van der Waals surface area (Å²) in [4.78, 5) is 24.1. The van der Waals surface area contributed by atoms with Gasteiger partial charge in [-0.1, -0.05) is 11.6 Å². The fraction of sp³-hybridized carbons (Fsp3) is 0.500. The Labute approximate surface area is 140 Å². The Kier molecular flexibility index (Phi) is 5.85. The van der Waals surface area contributed by atoms with Crippen LogP contribution in [-0.4, -0.2) is 37.8 Å². The number of rotatable bonds is 5. The highest BCUT2D eigenvalue weighted by atomic mass is 35.5. The first-order valence-corrected chi connectivity index (χ1v) is 7.77. The zero-order valence-corrected chi connectivity index (χ0v) is 14.1. The van der Waals surface area contributed by atoms with E-state index in [9.17, 15) is 9.59 Å². The summed E-state index contributed by atoms with van der Waals surface area (Å²) in [6, 6.07) is 3.32. The molecule has 0 spiro atoms. The van der Waals surface area contributed by atoms with Crippen LogP contribution in [-0.2, 0) is 19.1 Å². The van der Waals surface area contributed by atoms with Crippen LogP contribution in [0.4, 0.5) is 5.69 Å². The summed E-state index contributed by atoms with van der Waals surface area (Å²) in [6.07, 6.45) is -0.0659. The average molecular weight is 342 g/mol. The maximum absolute atomic E-state index is 12.2. The second kappa shape index (κ2) is 7.66. The molecule has 126 valence electrons. The molecular formula is C16H20ClNO5. The number of anilines is 1. The molecule has 1 saturated heterocycles. The fourth-order valence-corrected chi connectivity index (χ4v) is 2.39. The molecule has 1 fully saturated rings. The molecule has 0 aromatic heterocycles. The van der Waals surface area contributed by atoms with E-state index in [4.69, 9.17) is 25.8 Å². The second-order valence-electron chi connectivity index (χ2n) is 5.37. The van der Waals surface area contributed by atoms with Crippen LogP contribution in [0, 0.1) is 6.92 Å². The maximum atomic E-state index is 12.2. The molecule has 7 heteroatoms. The zero-order valence-electron chi connectivity index (χ0n) is 13.3. The van der Waals surface area contributed by atoms with Gasteiger partial charge in [0, 0.05) is 17.7 Å². The number of hydrogen-bond acceptors (Lipinski definition) is 5. The minimum atomic E-state index is -0.938. The van der Waals surface area contributed by atoms with Gasteiger partial charge in [-0.15, -0.1) is 0 Å². The number of hydrogen-bond donors (Lipinski definition) is 1. The molecule has 0 unspecified atom stereocenters. The van der Waals surface area contributed by atoms with Crippen molar-refractivity contribution < 1.29 is 23.8 Å². The Bertz CT molecular complexity index is 598. The van der Waals surface area contributed by atoms with Gasteiger partial charge in [0.25, 0.3) is 5.91 Å². The van der Waals surface area contributed by atoms with Gasteiger partial charge in [-0.05, 0) is 38.3 Å². The Balaban J connectivity index is 2.00. The molecule has 1 aliphatic heterocycles. The predicted octanol–water partition coefficient (Wildman–Crippen LogP) is 2.71. The first kappa shape index (κ1) is 17.6. The smallest absolute Gasteiger partial charge is 0.336 e. The highest BCUT2D eigenvalue weighted by molar-refractivity contribution is 6.31. The molecule has 1 aliphatic rings. The first-order valence-electron chi connectivity index (χ1n) is 7.39. The van der Waals surface area contributed by atoms with E-state index < -0.39 is 24.1 Å². The molecule has 1 aromatic carbocycles. The van der Waals surface area contributed by atoms with Crippen LogP contribution in [0.3, 0.4) is 0 Å². The number of esters is 1. The van der Waals surface area contributed by atoms with Gasteiger partial charge in [-0.2, -0.15) is 0 Å². The number of ether oxygens (including phenoxy) is 3. The largest absolute Gasteiger partial charge is 0.495 e. The van der Waals surface area contributed by atoms with E-state index in [1.165, 1.54) is 14.0 Å². The highest BCUT2D eigenvalue weighted by Gasteiger charge is 2.28. The second-order valence-corrected chi connectivity index (χ2v) is 5.78. The van der Waals surface area contributed by atoms with Gasteiger partial charge >= 0.3 is 5.97 Å². The molecular weight excluding hydrogens is 322 g/mol. The summed E-state index contributed by atoms with van der Waals surface area (Å²) in [5.41, 5.74) is 1.27. The summed E-state index contributed by atoms with van der Waals surface area (Å²) in [5, 5.41) is 3.22. The third-order valence-electron chi connectivity index (χ3n) is 3.59. The van der Waals surface area contributed by atoms with Crippen molar-refractivity contribution >= 4 is 29.2 Å². The first-order chi connectivity index (χ1) is 10.9. The number of carbonyl (C=O) groups excluding carboxylic acids is 2. The lowest BCUT2D eigenvalue weighted by atomic mass is 10.2. The number of aryl methyl sites for hydroxylation is 1. The summed E-state index contributed by atoms with van der Waals surface area (Å²) in [7, 11) is 1.48. The fourth-order valence-electron chi connectivity index (χ4n) is 2.23. The van der Waals surface area contributed by atoms with Crippen molar-refractivity contribution in [2.75, 3.05) is 19.0 Å². The van der Waals surface area contributed by atoms with Crippen molar-refractivity contribution in [2.45, 2.75) is 38.9 Å². The minimum Gasteiger partial charge on any atom is -0.495 e. The standard InChI is InChI=1S/C16H20ClNO5/c1-9-7-12(14(21-3)8-11(9)17)18-15(19)10(2)23-16(20)13-5-4-6-22-13/h7-8,10,13H,4-6H2,1-3H3,(H,18,19)/t10-,13+/m1/s1. The third-order valence-corrected chi connectivity index (χ3v) is 4.00. The molecule has 2 atom stereocenters. The van der Waals surface area contributed by atoms with Crippen molar-refractivity contribution in [3.63, 3.8) is 0 Å². The molecule has 2 rings (SSSR count). The van der Waals surface area contributed by atoms with Crippen LogP contribution in [0.2, 0.25) is 5.02 Å². The Morgan fingerprint density at radius 3 is 2.78 bits per heavy atom. The summed E-state index contributed by atoms with van der Waals surface area (Å²) in [6.45, 7) is 3.87. The van der Waals surface area contributed by atoms with Gasteiger partial charge in [0.2, 0.25) is 0 Å². The van der Waals surface area contributed by atoms with E-state index in [0.29, 0.717) is 29.5 Å². The van der Waals surface area contributed by atoms with Crippen LogP contribution in [0.5, 0.6) is 5.75 Å². The molecule has 0 radical (unpaired) electrons. The van der Waals surface area contributed by atoms with E-state index in [-0.39, 0.29) is 0 Å². The van der Waals surface area contributed by atoms with Crippen LogP contribution in [0.1, 0.15) is 25.3 Å². The lowest BCUT2D eigenvalue weighted by molar-refractivity contribution is -0.162. The number of amides is 1. The van der Waals surface area contributed by atoms with Crippen LogP contribution in [0.15, 0.2) is 12.1 Å². The van der Waals surface area contributed by atoms with Crippen molar-refractivity contribution in [3.8, 4) is 5.75 Å². The van der Waals surface area contributed by atoms with Crippen molar-refractivity contribution in [2.24, 2.45) is 0 Å². The van der Waals surface area contributed by atoms with E-state index in [2.05, 4.69) is 5.32 Å². The van der Waals surface area contributed by atoms with Gasteiger partial charge in [-0.3, -0.25) is 4.79 Å². The van der Waals surface area contributed by atoms with E-state index in [1.807, 2.05) is 6.92 Å². The van der Waals surface area contributed by atoms with E-state index in [0.717, 1.165) is 12.0 Å². The van der Waals surface area contributed by atoms with Gasteiger partial charge < -0.3 is 19.5 Å². The monoisotopic (exact) mass is 341 g/mol. The molecule has 0 bridgehead atoms. The van der Waals surface area contributed by atoms with E-state index in [1.54, 1.807) is 12.1 Å². The Hall–Kier alpha value is -1.79. The van der Waals surface area contributed by atoms with Crippen molar-refractivity contribution in [3.05, 3.63) is 22.7 Å². The molecule has 0 saturated carbocycles. The number of halogens is 1. The lowest BCUT2D eigenvalue weighted by Crippen LogP contribution is -2.34. The van der Waals surface area contributed by atoms with Crippen molar-refractivity contribution in [1.82, 2.24) is 0 Å². The highest BCUT2D eigenvalue weighted by Crippen LogP contribution is 2.31. The van der Waals surface area contributed by atoms with Crippen LogP contribution >= 0.6 is 11.6 Å². The maximum Gasteiger partial charge on any atom is 0.336 e. The quantitative estimate of drug-likeness (QED) is 0.833. The molecule has 1 aromatic rings. The van der Waals surface area contributed by atoms with Gasteiger partial charge in [0.1, 0.15) is 5.75 Å². The van der Waals surface area contributed by atoms with Gasteiger partial charge in [0.15, 0.2) is 12.2 Å². The average Bonchev–Trinajstić information content (AvgIpc) is 3.04. The SMILES string of the molecule is COc1cc(Cl)c(C)cc1NC(=O)[C@@H](C)OC(=O)[C@@H]1CCCO1. The molecule has 23 heavy (non-hydrogen) atoms. The van der Waals surface area contributed by atoms with Gasteiger partial charge in [-0.25, -0.2) is 4.79 Å². The normalized spacial score (nSPS) is 18.3. The zero-order chi connectivity index (χ0) is 17.0. The Morgan fingerprint density at radius 1 is 1.43 bits per heavy atom. The van der Waals surface area contributed by atoms with E-state index >= 15 is 0 Å². The third kappa shape index (κ3) is 4.36. The molecule has 0 aliphatic carbocycles. The minimum absolute atomic E-state index is 0.437. The van der Waals surface area contributed by atoms with Crippen LogP contribution < -0.4 is 10.1 Å². The summed E-state index contributed by atoms with van der Waals surface area (Å²) in [5.74, 6) is -0.521. The number of nitrogens with one attached hydrogen (secondary N) is 1. The lowest BCUT2D eigenvalue weighted by Gasteiger charge is -2.17. The topological polar surface area (TPSA) is 73.9 Å². The summed E-state index contributed by atoms with van der Waals surface area (Å²) < 4.78 is 15.6. The molecule has 1 amide bonds. The van der Waals surface area contributed by atoms with Crippen LogP contribution in [0.25, 0.3) is 0 Å². The number of benzene rings is 1. The van der Waals surface area contributed by atoms with Gasteiger partial charge in [0.05, 0.1) is 12.8 Å². The Morgan fingerprint density at radius 2 is 2.17 bits per heavy atom. The molecule has 6 nitrogen and oxygen atoms in total. The molecule has 1 N–H and O–H groups in total. The number of methoxy groups -OCH3 is 1.